The van der Waals surface area contributed by atoms with E-state index in [1.54, 1.807) is 22.7 Å². The van der Waals surface area contributed by atoms with E-state index in [1.165, 1.54) is 11.1 Å². The number of thiophene rings is 1. The zero-order valence-electron chi connectivity index (χ0n) is 8.78. The molecule has 0 unspecified atom stereocenters. The molecule has 3 nitrogen and oxygen atoms in total. The predicted octanol–water partition coefficient (Wildman–Crippen LogP) is 2.34. The smallest absolute Gasteiger partial charge is 0.148 e. The third kappa shape index (κ3) is 2.42. The lowest BCUT2D eigenvalue weighted by atomic mass is 10.2. The number of hydrogen-bond donors (Lipinski definition) is 1. The lowest BCUT2D eigenvalue weighted by Gasteiger charge is -1.92. The quantitative estimate of drug-likeness (QED) is 0.890. The summed E-state index contributed by atoms with van der Waals surface area (Å²) in [6.45, 7) is 3.07. The van der Waals surface area contributed by atoms with Gasteiger partial charge in [0.25, 0.3) is 0 Å². The molecule has 2 rings (SSSR count). The van der Waals surface area contributed by atoms with Gasteiger partial charge in [0.1, 0.15) is 10.0 Å². The van der Waals surface area contributed by atoms with Gasteiger partial charge in [0, 0.05) is 23.9 Å². The molecular weight excluding hydrogens is 226 g/mol. The fourth-order valence-electron chi connectivity index (χ4n) is 1.28. The second-order valence-corrected chi connectivity index (χ2v) is 5.13. The summed E-state index contributed by atoms with van der Waals surface area (Å²) in [5.41, 5.74) is 2.52. The van der Waals surface area contributed by atoms with Crippen LogP contribution in [0.2, 0.25) is 0 Å². The third-order valence-electron chi connectivity index (χ3n) is 2.14. The average molecular weight is 239 g/mol. The number of aromatic nitrogens is 2. The summed E-state index contributed by atoms with van der Waals surface area (Å²) in [5, 5.41) is 17.9. The number of hydrogen-bond acceptors (Lipinski definition) is 5. The van der Waals surface area contributed by atoms with Crippen molar-refractivity contribution in [2.45, 2.75) is 13.3 Å². The van der Waals surface area contributed by atoms with Gasteiger partial charge in [-0.05, 0) is 24.9 Å². The van der Waals surface area contributed by atoms with Gasteiger partial charge >= 0.3 is 0 Å². The van der Waals surface area contributed by atoms with E-state index in [9.17, 15) is 0 Å². The lowest BCUT2D eigenvalue weighted by molar-refractivity contribution is 0.779. The SMILES string of the molecule is CNCCc1nnc(-c2cscc2C)s1. The Bertz CT molecular complexity index is 433. The zero-order valence-corrected chi connectivity index (χ0v) is 10.4. The molecule has 80 valence electrons. The van der Waals surface area contributed by atoms with Crippen molar-refractivity contribution in [3.8, 4) is 10.6 Å². The van der Waals surface area contributed by atoms with Gasteiger partial charge in [-0.1, -0.05) is 11.3 Å². The molecule has 15 heavy (non-hydrogen) atoms. The highest BCUT2D eigenvalue weighted by molar-refractivity contribution is 7.15. The van der Waals surface area contributed by atoms with Crippen molar-refractivity contribution in [1.82, 2.24) is 15.5 Å². The van der Waals surface area contributed by atoms with Crippen LogP contribution in [0.25, 0.3) is 10.6 Å². The van der Waals surface area contributed by atoms with Crippen LogP contribution >= 0.6 is 22.7 Å². The van der Waals surface area contributed by atoms with Crippen molar-refractivity contribution >= 4 is 22.7 Å². The fourth-order valence-corrected chi connectivity index (χ4v) is 3.10. The van der Waals surface area contributed by atoms with Crippen LogP contribution < -0.4 is 5.32 Å². The Labute approximate surface area is 97.2 Å². The molecule has 0 bridgehead atoms. The summed E-state index contributed by atoms with van der Waals surface area (Å²) in [5.74, 6) is 0. The number of rotatable bonds is 4. The first-order valence-electron chi connectivity index (χ1n) is 4.81. The summed E-state index contributed by atoms with van der Waals surface area (Å²) in [4.78, 5) is 0. The van der Waals surface area contributed by atoms with Crippen LogP contribution in [-0.2, 0) is 6.42 Å². The Kier molecular flexibility index (Phi) is 3.45. The molecule has 0 atom stereocenters. The normalized spacial score (nSPS) is 10.8. The van der Waals surface area contributed by atoms with E-state index >= 15 is 0 Å². The van der Waals surface area contributed by atoms with Gasteiger partial charge in [-0.15, -0.1) is 10.2 Å². The van der Waals surface area contributed by atoms with Crippen LogP contribution in [0.5, 0.6) is 0 Å². The molecule has 5 heteroatoms. The number of nitrogens with one attached hydrogen (secondary N) is 1. The monoisotopic (exact) mass is 239 g/mol. The molecule has 2 aromatic rings. The van der Waals surface area contributed by atoms with Crippen molar-refractivity contribution in [3.63, 3.8) is 0 Å². The predicted molar refractivity (Wildman–Crippen MR) is 65.6 cm³/mol. The van der Waals surface area contributed by atoms with Crippen molar-refractivity contribution in [1.29, 1.82) is 0 Å². The van der Waals surface area contributed by atoms with Gasteiger partial charge in [-0.25, -0.2) is 0 Å². The van der Waals surface area contributed by atoms with E-state index in [4.69, 9.17) is 0 Å². The van der Waals surface area contributed by atoms with Gasteiger partial charge in [0.05, 0.1) is 0 Å². The average Bonchev–Trinajstić information content (AvgIpc) is 2.83. The summed E-state index contributed by atoms with van der Waals surface area (Å²) in [6, 6.07) is 0. The lowest BCUT2D eigenvalue weighted by Crippen LogP contribution is -2.09. The van der Waals surface area contributed by atoms with Gasteiger partial charge in [-0.3, -0.25) is 0 Å². The number of aryl methyl sites for hydroxylation is 1. The second kappa shape index (κ2) is 4.83. The van der Waals surface area contributed by atoms with Crippen LogP contribution in [0.4, 0.5) is 0 Å². The molecule has 0 fully saturated rings. The molecular formula is C10H13N3S2. The first-order valence-corrected chi connectivity index (χ1v) is 6.57. The van der Waals surface area contributed by atoms with Crippen LogP contribution in [0.15, 0.2) is 10.8 Å². The summed E-state index contributed by atoms with van der Waals surface area (Å²) >= 11 is 3.40. The van der Waals surface area contributed by atoms with Crippen LogP contribution in [0.1, 0.15) is 10.6 Å². The number of likely N-dealkylation sites (N-methyl/N-ethyl adjacent to an activating group) is 1. The summed E-state index contributed by atoms with van der Waals surface area (Å²) < 4.78 is 0. The van der Waals surface area contributed by atoms with Gasteiger partial charge in [0.2, 0.25) is 0 Å². The Morgan fingerprint density at radius 3 is 2.87 bits per heavy atom. The maximum Gasteiger partial charge on any atom is 0.148 e. The van der Waals surface area contributed by atoms with Crippen LogP contribution in [0.3, 0.4) is 0 Å². The molecule has 0 saturated carbocycles. The standard InChI is InChI=1S/C10H13N3S2/c1-7-5-14-6-8(7)10-13-12-9(15-10)3-4-11-2/h5-6,11H,3-4H2,1-2H3. The molecule has 0 spiro atoms. The molecule has 0 aliphatic carbocycles. The van der Waals surface area contributed by atoms with E-state index in [0.29, 0.717) is 0 Å². The van der Waals surface area contributed by atoms with Crippen LogP contribution in [0, 0.1) is 6.92 Å². The van der Waals surface area contributed by atoms with Crippen molar-refractivity contribution in [2.75, 3.05) is 13.6 Å². The maximum absolute atomic E-state index is 4.22. The van der Waals surface area contributed by atoms with Gasteiger partial charge in [0.15, 0.2) is 0 Å². The van der Waals surface area contributed by atoms with E-state index in [1.807, 2.05) is 7.05 Å². The molecule has 0 aromatic carbocycles. The summed E-state index contributed by atoms with van der Waals surface area (Å²) in [7, 11) is 1.95. The molecule has 0 aliphatic heterocycles. The Morgan fingerprint density at radius 1 is 1.33 bits per heavy atom. The zero-order chi connectivity index (χ0) is 10.7. The third-order valence-corrected chi connectivity index (χ3v) is 4.02. The minimum absolute atomic E-state index is 0.956. The first-order chi connectivity index (χ1) is 7.31. The Balaban J connectivity index is 2.17. The Hall–Kier alpha value is -0.780. The molecule has 0 aliphatic rings. The van der Waals surface area contributed by atoms with E-state index in [0.717, 1.165) is 23.0 Å². The highest BCUT2D eigenvalue weighted by Crippen LogP contribution is 2.29. The highest BCUT2D eigenvalue weighted by Gasteiger charge is 2.09. The Morgan fingerprint density at radius 2 is 2.20 bits per heavy atom. The maximum atomic E-state index is 4.22. The van der Waals surface area contributed by atoms with Crippen molar-refractivity contribution < 1.29 is 0 Å². The van der Waals surface area contributed by atoms with Gasteiger partial charge < -0.3 is 5.32 Å². The first kappa shape index (κ1) is 10.7. The molecule has 2 heterocycles. The van der Waals surface area contributed by atoms with E-state index < -0.39 is 0 Å². The molecule has 0 radical (unpaired) electrons. The fraction of sp³-hybridized carbons (Fsp3) is 0.400. The minimum Gasteiger partial charge on any atom is -0.319 e. The second-order valence-electron chi connectivity index (χ2n) is 3.32. The van der Waals surface area contributed by atoms with Crippen LogP contribution in [-0.4, -0.2) is 23.8 Å². The van der Waals surface area contributed by atoms with Gasteiger partial charge in [-0.2, -0.15) is 11.3 Å². The highest BCUT2D eigenvalue weighted by atomic mass is 32.1. The largest absolute Gasteiger partial charge is 0.319 e. The summed E-state index contributed by atoms with van der Waals surface area (Å²) in [6.07, 6.45) is 0.956. The van der Waals surface area contributed by atoms with Crippen molar-refractivity contribution in [3.05, 3.63) is 21.3 Å². The topological polar surface area (TPSA) is 37.8 Å². The van der Waals surface area contributed by atoms with E-state index in [2.05, 4.69) is 33.2 Å². The molecule has 0 amide bonds. The number of nitrogens with zero attached hydrogens (tertiary/aromatic N) is 2. The molecule has 1 N–H and O–H groups in total. The van der Waals surface area contributed by atoms with E-state index in [-0.39, 0.29) is 0 Å². The van der Waals surface area contributed by atoms with Crippen molar-refractivity contribution in [2.24, 2.45) is 0 Å². The molecule has 2 aromatic heterocycles. The molecule has 0 saturated heterocycles. The minimum atomic E-state index is 0.956.